The molecule has 1 aromatic carbocycles. The molecule has 2 unspecified atom stereocenters. The number of benzene rings is 1. The second-order valence-electron chi connectivity index (χ2n) is 8.46. The average Bonchev–Trinajstić information content (AvgIpc) is 3.17. The Kier molecular flexibility index (Phi) is 8.45. The molecule has 1 aliphatic rings. The van der Waals surface area contributed by atoms with Crippen LogP contribution in [0.15, 0.2) is 29.6 Å². The van der Waals surface area contributed by atoms with Crippen LogP contribution in [0.5, 0.6) is 0 Å². The number of aromatic nitrogens is 1. The van der Waals surface area contributed by atoms with Crippen LogP contribution in [0.25, 0.3) is 0 Å². The van der Waals surface area contributed by atoms with Gasteiger partial charge in [-0.1, -0.05) is 11.6 Å². The average molecular weight is 493 g/mol. The van der Waals surface area contributed by atoms with Crippen molar-refractivity contribution >= 4 is 45.8 Å². The molecule has 10 heteroatoms. The summed E-state index contributed by atoms with van der Waals surface area (Å²) >= 11 is 7.15. The molecule has 1 saturated heterocycles. The lowest BCUT2D eigenvalue weighted by Gasteiger charge is -2.35. The van der Waals surface area contributed by atoms with E-state index in [1.54, 1.807) is 34.5 Å². The zero-order chi connectivity index (χ0) is 24.1. The minimum Gasteiger partial charge on any atom is -0.372 e. The summed E-state index contributed by atoms with van der Waals surface area (Å²) in [7, 11) is 0. The van der Waals surface area contributed by atoms with Crippen molar-refractivity contribution in [1.29, 1.82) is 0 Å². The van der Waals surface area contributed by atoms with Gasteiger partial charge in [0.15, 0.2) is 5.13 Å². The van der Waals surface area contributed by atoms with Crippen LogP contribution in [0.2, 0.25) is 5.02 Å². The molecule has 178 valence electrons. The third-order valence-corrected chi connectivity index (χ3v) is 6.25. The predicted octanol–water partition coefficient (Wildman–Crippen LogP) is 3.46. The number of hydrogen-bond donors (Lipinski definition) is 1. The molecule has 1 fully saturated rings. The van der Waals surface area contributed by atoms with Crippen molar-refractivity contribution in [3.63, 3.8) is 0 Å². The summed E-state index contributed by atoms with van der Waals surface area (Å²) < 4.78 is 5.67. The predicted molar refractivity (Wildman–Crippen MR) is 129 cm³/mol. The smallest absolute Gasteiger partial charge is 0.254 e. The summed E-state index contributed by atoms with van der Waals surface area (Å²) in [5, 5.41) is 5.44. The number of anilines is 1. The zero-order valence-corrected chi connectivity index (χ0v) is 20.8. The van der Waals surface area contributed by atoms with Crippen molar-refractivity contribution in [2.75, 3.05) is 25.0 Å². The normalized spacial score (nSPS) is 18.3. The Morgan fingerprint density at radius 1 is 1.21 bits per heavy atom. The highest BCUT2D eigenvalue weighted by molar-refractivity contribution is 7.13. The van der Waals surface area contributed by atoms with Gasteiger partial charge in [0.05, 0.1) is 24.3 Å². The van der Waals surface area contributed by atoms with Crippen LogP contribution in [0.1, 0.15) is 43.7 Å². The lowest BCUT2D eigenvalue weighted by molar-refractivity contribution is -0.142. The maximum Gasteiger partial charge on any atom is 0.254 e. The molecule has 1 N–H and O–H groups in total. The highest BCUT2D eigenvalue weighted by Gasteiger charge is 2.26. The molecule has 0 radical (unpaired) electrons. The lowest BCUT2D eigenvalue weighted by Crippen LogP contribution is -2.48. The molecule has 1 aromatic heterocycles. The van der Waals surface area contributed by atoms with Gasteiger partial charge in [-0.05, 0) is 52.0 Å². The van der Waals surface area contributed by atoms with Crippen LogP contribution in [-0.4, -0.2) is 70.4 Å². The molecule has 3 rings (SSSR count). The third-order valence-electron chi connectivity index (χ3n) is 5.19. The molecule has 33 heavy (non-hydrogen) atoms. The van der Waals surface area contributed by atoms with E-state index in [0.29, 0.717) is 34.5 Å². The van der Waals surface area contributed by atoms with Gasteiger partial charge in [-0.2, -0.15) is 0 Å². The van der Waals surface area contributed by atoms with Crippen molar-refractivity contribution in [3.8, 4) is 0 Å². The van der Waals surface area contributed by atoms with E-state index in [-0.39, 0.29) is 48.9 Å². The maximum atomic E-state index is 12.8. The summed E-state index contributed by atoms with van der Waals surface area (Å²) in [4.78, 5) is 45.8. The number of rotatable bonds is 7. The molecular weight excluding hydrogens is 464 g/mol. The molecule has 3 amide bonds. The van der Waals surface area contributed by atoms with Gasteiger partial charge in [0.25, 0.3) is 5.91 Å². The number of halogens is 1. The molecule has 1 aliphatic heterocycles. The quantitative estimate of drug-likeness (QED) is 0.639. The number of nitrogens with one attached hydrogen (secondary N) is 1. The first-order chi connectivity index (χ1) is 15.6. The highest BCUT2D eigenvalue weighted by Crippen LogP contribution is 2.19. The fourth-order valence-electron chi connectivity index (χ4n) is 3.65. The second kappa shape index (κ2) is 11.1. The minimum atomic E-state index is -0.353. The largest absolute Gasteiger partial charge is 0.372 e. The number of carbonyl (C=O) groups is 3. The zero-order valence-electron chi connectivity index (χ0n) is 19.2. The van der Waals surface area contributed by atoms with Crippen LogP contribution >= 0.6 is 22.9 Å². The van der Waals surface area contributed by atoms with E-state index in [2.05, 4.69) is 10.3 Å². The monoisotopic (exact) mass is 492 g/mol. The first-order valence-corrected chi connectivity index (χ1v) is 12.1. The number of amides is 3. The molecular formula is C23H29ClN4O4S. The van der Waals surface area contributed by atoms with Crippen LogP contribution < -0.4 is 5.32 Å². The van der Waals surface area contributed by atoms with E-state index in [9.17, 15) is 14.4 Å². The van der Waals surface area contributed by atoms with Crippen molar-refractivity contribution < 1.29 is 19.1 Å². The fraction of sp³-hybridized carbons (Fsp3) is 0.478. The summed E-state index contributed by atoms with van der Waals surface area (Å²) in [6, 6.07) is 6.38. The first-order valence-electron chi connectivity index (χ1n) is 10.9. The van der Waals surface area contributed by atoms with Gasteiger partial charge in [-0.15, -0.1) is 11.3 Å². The Labute approximate surface area is 202 Å². The van der Waals surface area contributed by atoms with Gasteiger partial charge >= 0.3 is 0 Å². The van der Waals surface area contributed by atoms with E-state index in [0.717, 1.165) is 0 Å². The highest BCUT2D eigenvalue weighted by atomic mass is 35.5. The standard InChI is InChI=1S/C23H29ClN4O4S/c1-14(2)28(22(31)17-5-7-18(24)8-6-17)12-20(29)26-23-25-19(13-33-23)9-21(30)27-10-15(3)32-16(4)11-27/h5-8,13-16H,9-12H2,1-4H3,(H,25,26,29). The van der Waals surface area contributed by atoms with Gasteiger partial charge in [0.1, 0.15) is 6.54 Å². The van der Waals surface area contributed by atoms with Crippen molar-refractivity contribution in [3.05, 3.63) is 45.9 Å². The number of morpholine rings is 1. The first kappa shape index (κ1) is 25.1. The lowest BCUT2D eigenvalue weighted by atomic mass is 10.1. The van der Waals surface area contributed by atoms with E-state index < -0.39 is 0 Å². The van der Waals surface area contributed by atoms with Gasteiger partial charge in [0, 0.05) is 35.1 Å². The fourth-order valence-corrected chi connectivity index (χ4v) is 4.51. The topological polar surface area (TPSA) is 91.8 Å². The van der Waals surface area contributed by atoms with Gasteiger partial charge in [-0.3, -0.25) is 14.4 Å². The van der Waals surface area contributed by atoms with E-state index in [1.165, 1.54) is 16.2 Å². The second-order valence-corrected chi connectivity index (χ2v) is 9.75. The Balaban J connectivity index is 1.57. The van der Waals surface area contributed by atoms with Crippen molar-refractivity contribution in [1.82, 2.24) is 14.8 Å². The van der Waals surface area contributed by atoms with E-state index >= 15 is 0 Å². The summed E-state index contributed by atoms with van der Waals surface area (Å²) in [6.07, 6.45) is 0.170. The van der Waals surface area contributed by atoms with Crippen molar-refractivity contribution in [2.24, 2.45) is 0 Å². The number of thiazole rings is 1. The van der Waals surface area contributed by atoms with Crippen molar-refractivity contribution in [2.45, 2.75) is 52.4 Å². The number of hydrogen-bond acceptors (Lipinski definition) is 6. The molecule has 2 aromatic rings. The van der Waals surface area contributed by atoms with Crippen LogP contribution in [0, 0.1) is 0 Å². The number of carbonyl (C=O) groups excluding carboxylic acids is 3. The summed E-state index contributed by atoms with van der Waals surface area (Å²) in [5.74, 6) is -0.620. The molecule has 0 spiro atoms. The van der Waals surface area contributed by atoms with Crippen LogP contribution in [-0.2, 0) is 20.7 Å². The Hall–Kier alpha value is -2.49. The summed E-state index contributed by atoms with van der Waals surface area (Å²) in [6.45, 7) is 8.60. The minimum absolute atomic E-state index is 0.00229. The maximum absolute atomic E-state index is 12.8. The summed E-state index contributed by atoms with van der Waals surface area (Å²) in [5.41, 5.74) is 1.06. The Morgan fingerprint density at radius 3 is 2.45 bits per heavy atom. The van der Waals surface area contributed by atoms with Gasteiger partial charge < -0.3 is 19.9 Å². The number of ether oxygens (including phenoxy) is 1. The molecule has 2 heterocycles. The van der Waals surface area contributed by atoms with Crippen LogP contribution in [0.4, 0.5) is 5.13 Å². The molecule has 0 bridgehead atoms. The van der Waals surface area contributed by atoms with Gasteiger partial charge in [-0.25, -0.2) is 4.98 Å². The van der Waals surface area contributed by atoms with E-state index in [4.69, 9.17) is 16.3 Å². The van der Waals surface area contributed by atoms with Crippen LogP contribution in [0.3, 0.4) is 0 Å². The Morgan fingerprint density at radius 2 is 1.85 bits per heavy atom. The SMILES string of the molecule is CC1CN(C(=O)Cc2csc(NC(=O)CN(C(=O)c3ccc(Cl)cc3)C(C)C)n2)CC(C)O1. The molecule has 8 nitrogen and oxygen atoms in total. The van der Waals surface area contributed by atoms with E-state index in [1.807, 2.05) is 27.7 Å². The van der Waals surface area contributed by atoms with Gasteiger partial charge in [0.2, 0.25) is 11.8 Å². The molecule has 0 saturated carbocycles. The number of nitrogens with zero attached hydrogens (tertiary/aromatic N) is 3. The Bertz CT molecular complexity index is 985. The molecule has 2 atom stereocenters. The molecule has 0 aliphatic carbocycles. The third kappa shape index (κ3) is 6.99.